The molecule has 0 saturated carbocycles. The Morgan fingerprint density at radius 1 is 0.971 bits per heavy atom. The molecule has 3 aromatic carbocycles. The van der Waals surface area contributed by atoms with Crippen molar-refractivity contribution in [2.75, 3.05) is 5.32 Å². The minimum Gasteiger partial charge on any atom is -0.406 e. The third kappa shape index (κ3) is 5.11. The number of nitrogens with zero attached hydrogens (tertiary/aromatic N) is 1. The second-order valence-corrected chi connectivity index (χ2v) is 7.98. The van der Waals surface area contributed by atoms with E-state index >= 15 is 0 Å². The number of amides is 1. The number of alkyl halides is 3. The molecule has 174 valence electrons. The Morgan fingerprint density at radius 3 is 2.41 bits per heavy atom. The molecule has 0 saturated heterocycles. The molecule has 0 aliphatic carbocycles. The molecule has 1 amide bonds. The number of aromatic nitrogens is 1. The van der Waals surface area contributed by atoms with E-state index in [4.69, 9.17) is 0 Å². The van der Waals surface area contributed by atoms with Crippen molar-refractivity contribution >= 4 is 22.4 Å². The number of halogens is 3. The number of ether oxygens (including phenoxy) is 1. The summed E-state index contributed by atoms with van der Waals surface area (Å²) in [5.41, 5.74) is 3.24. The summed E-state index contributed by atoms with van der Waals surface area (Å²) in [6.45, 7) is 3.94. The van der Waals surface area contributed by atoms with Gasteiger partial charge in [0.05, 0.1) is 6.54 Å². The molecule has 0 radical (unpaired) electrons. The quantitative estimate of drug-likeness (QED) is 0.403. The largest absolute Gasteiger partial charge is 0.573 e. The third-order valence-corrected chi connectivity index (χ3v) is 5.41. The molecule has 1 N–H and O–H groups in total. The predicted molar refractivity (Wildman–Crippen MR) is 124 cm³/mol. The molecule has 4 rings (SSSR count). The Labute approximate surface area is 193 Å². The Kier molecular flexibility index (Phi) is 6.15. The topological polar surface area (TPSA) is 60.3 Å². The summed E-state index contributed by atoms with van der Waals surface area (Å²) in [6.07, 6.45) is -3.17. The van der Waals surface area contributed by atoms with Gasteiger partial charge in [-0.25, -0.2) is 0 Å². The van der Waals surface area contributed by atoms with Gasteiger partial charge in [-0.2, -0.15) is 0 Å². The van der Waals surface area contributed by atoms with Crippen LogP contribution in [-0.2, 0) is 6.54 Å². The molecular weight excluding hydrogens is 445 g/mol. The van der Waals surface area contributed by atoms with Gasteiger partial charge in [0.1, 0.15) is 5.75 Å². The highest BCUT2D eigenvalue weighted by Gasteiger charge is 2.30. The van der Waals surface area contributed by atoms with Crippen LogP contribution in [-0.4, -0.2) is 16.8 Å². The average molecular weight is 466 g/mol. The van der Waals surface area contributed by atoms with Crippen molar-refractivity contribution in [3.05, 3.63) is 106 Å². The molecule has 1 heterocycles. The summed E-state index contributed by atoms with van der Waals surface area (Å²) >= 11 is 0. The molecular formula is C26H21F3N2O3. The fourth-order valence-electron chi connectivity index (χ4n) is 3.72. The van der Waals surface area contributed by atoms with Crippen LogP contribution in [0.1, 0.15) is 27.0 Å². The van der Waals surface area contributed by atoms with Crippen LogP contribution in [0.2, 0.25) is 0 Å². The van der Waals surface area contributed by atoms with Crippen molar-refractivity contribution < 1.29 is 22.7 Å². The van der Waals surface area contributed by atoms with Crippen LogP contribution >= 0.6 is 0 Å². The molecule has 34 heavy (non-hydrogen) atoms. The van der Waals surface area contributed by atoms with E-state index in [1.165, 1.54) is 28.8 Å². The molecule has 0 atom stereocenters. The van der Waals surface area contributed by atoms with Gasteiger partial charge in [-0.05, 0) is 61.4 Å². The summed E-state index contributed by atoms with van der Waals surface area (Å²) in [6, 6.07) is 17.8. The maximum absolute atomic E-state index is 13.1. The van der Waals surface area contributed by atoms with Crippen molar-refractivity contribution in [3.63, 3.8) is 0 Å². The van der Waals surface area contributed by atoms with Crippen LogP contribution in [0, 0.1) is 13.8 Å². The Morgan fingerprint density at radius 2 is 1.71 bits per heavy atom. The number of fused-ring (bicyclic) bond motifs is 1. The number of rotatable bonds is 5. The fraction of sp³-hybridized carbons (Fsp3) is 0.154. The van der Waals surface area contributed by atoms with Gasteiger partial charge in [-0.15, -0.1) is 13.2 Å². The van der Waals surface area contributed by atoms with Gasteiger partial charge in [0.2, 0.25) is 0 Å². The van der Waals surface area contributed by atoms with Crippen LogP contribution < -0.4 is 15.6 Å². The number of aryl methyl sites for hydroxylation is 2. The first kappa shape index (κ1) is 23.1. The minimum atomic E-state index is -4.76. The SMILES string of the molecule is Cc1ccc(C)c(C(=O)Nc2cccc3c(=O)n(Cc4ccc(OC(F)(F)F)cc4)ccc23)c1. The van der Waals surface area contributed by atoms with E-state index in [0.29, 0.717) is 27.6 Å². The van der Waals surface area contributed by atoms with Gasteiger partial charge in [0, 0.05) is 28.2 Å². The van der Waals surface area contributed by atoms with Gasteiger partial charge in [0.25, 0.3) is 11.5 Å². The van der Waals surface area contributed by atoms with E-state index < -0.39 is 6.36 Å². The normalized spacial score (nSPS) is 11.4. The van der Waals surface area contributed by atoms with Gasteiger partial charge >= 0.3 is 6.36 Å². The van der Waals surface area contributed by atoms with E-state index in [9.17, 15) is 22.8 Å². The van der Waals surface area contributed by atoms with Crippen molar-refractivity contribution in [1.29, 1.82) is 0 Å². The summed E-state index contributed by atoms with van der Waals surface area (Å²) < 4.78 is 42.4. The third-order valence-electron chi connectivity index (χ3n) is 5.41. The highest BCUT2D eigenvalue weighted by atomic mass is 19.4. The van der Waals surface area contributed by atoms with Gasteiger partial charge in [0.15, 0.2) is 0 Å². The maximum atomic E-state index is 13.1. The van der Waals surface area contributed by atoms with Crippen LogP contribution in [0.25, 0.3) is 10.8 Å². The molecule has 8 heteroatoms. The zero-order valence-corrected chi connectivity index (χ0v) is 18.4. The highest BCUT2D eigenvalue weighted by molar-refractivity contribution is 6.09. The first-order chi connectivity index (χ1) is 16.1. The number of anilines is 1. The minimum absolute atomic E-state index is 0.167. The van der Waals surface area contributed by atoms with Crippen LogP contribution in [0.15, 0.2) is 77.7 Å². The van der Waals surface area contributed by atoms with E-state index in [2.05, 4.69) is 10.1 Å². The van der Waals surface area contributed by atoms with Crippen LogP contribution in [0.5, 0.6) is 5.75 Å². The number of carbonyl (C=O) groups excluding carboxylic acids is 1. The Hall–Kier alpha value is -4.07. The van der Waals surface area contributed by atoms with Gasteiger partial charge in [-0.3, -0.25) is 9.59 Å². The fourth-order valence-corrected chi connectivity index (χ4v) is 3.72. The smallest absolute Gasteiger partial charge is 0.406 e. The van der Waals surface area contributed by atoms with Gasteiger partial charge in [-0.1, -0.05) is 35.9 Å². The first-order valence-corrected chi connectivity index (χ1v) is 10.5. The molecule has 0 spiro atoms. The number of hydrogen-bond donors (Lipinski definition) is 1. The summed E-state index contributed by atoms with van der Waals surface area (Å²) in [5, 5.41) is 3.91. The Balaban J connectivity index is 1.59. The van der Waals surface area contributed by atoms with Crippen molar-refractivity contribution in [2.45, 2.75) is 26.8 Å². The van der Waals surface area contributed by atoms with Crippen LogP contribution in [0.4, 0.5) is 18.9 Å². The van der Waals surface area contributed by atoms with E-state index in [1.54, 1.807) is 30.5 Å². The molecule has 0 unspecified atom stereocenters. The monoisotopic (exact) mass is 466 g/mol. The van der Waals surface area contributed by atoms with E-state index in [0.717, 1.165) is 11.1 Å². The van der Waals surface area contributed by atoms with Crippen molar-refractivity contribution in [2.24, 2.45) is 0 Å². The van der Waals surface area contributed by atoms with E-state index in [-0.39, 0.29) is 23.8 Å². The summed E-state index contributed by atoms with van der Waals surface area (Å²) in [4.78, 5) is 25.9. The average Bonchev–Trinajstić information content (AvgIpc) is 2.78. The standard InChI is InChI=1S/C26H21F3N2O3/c1-16-6-7-17(2)22(14-16)24(32)30-23-5-3-4-21-20(23)12-13-31(25(21)33)15-18-8-10-19(11-9-18)34-26(27,28)29/h3-14H,15H2,1-2H3,(H,30,32). The second kappa shape index (κ2) is 9.05. The lowest BCUT2D eigenvalue weighted by molar-refractivity contribution is -0.274. The molecule has 0 bridgehead atoms. The Bertz CT molecular complexity index is 1420. The number of nitrogens with one attached hydrogen (secondary N) is 1. The lowest BCUT2D eigenvalue weighted by atomic mass is 10.0. The van der Waals surface area contributed by atoms with Crippen molar-refractivity contribution in [1.82, 2.24) is 4.57 Å². The molecule has 1 aromatic heterocycles. The van der Waals surface area contributed by atoms with Gasteiger partial charge < -0.3 is 14.6 Å². The number of pyridine rings is 1. The zero-order valence-electron chi connectivity index (χ0n) is 18.4. The summed E-state index contributed by atoms with van der Waals surface area (Å²) in [5.74, 6) is -0.592. The molecule has 4 aromatic rings. The lowest BCUT2D eigenvalue weighted by Crippen LogP contribution is -2.21. The predicted octanol–water partition coefficient (Wildman–Crippen LogP) is 5.82. The highest BCUT2D eigenvalue weighted by Crippen LogP contribution is 2.24. The number of carbonyl (C=O) groups is 1. The lowest BCUT2D eigenvalue weighted by Gasteiger charge is -2.13. The molecule has 0 aliphatic rings. The zero-order chi connectivity index (χ0) is 24.5. The number of benzene rings is 3. The first-order valence-electron chi connectivity index (χ1n) is 10.5. The molecule has 0 fully saturated rings. The van der Waals surface area contributed by atoms with Crippen LogP contribution in [0.3, 0.4) is 0 Å². The second-order valence-electron chi connectivity index (χ2n) is 7.98. The molecule has 0 aliphatic heterocycles. The summed E-state index contributed by atoms with van der Waals surface area (Å²) in [7, 11) is 0. The van der Waals surface area contributed by atoms with Crippen molar-refractivity contribution in [3.8, 4) is 5.75 Å². The molecule has 5 nitrogen and oxygen atoms in total. The maximum Gasteiger partial charge on any atom is 0.573 e. The number of hydrogen-bond acceptors (Lipinski definition) is 3. The van der Waals surface area contributed by atoms with E-state index in [1.807, 2.05) is 32.0 Å².